The number of nitrogens with one attached hydrogen (secondary N) is 1. The van der Waals surface area contributed by atoms with Gasteiger partial charge in [-0.25, -0.2) is 0 Å². The molecule has 0 saturated carbocycles. The van der Waals surface area contributed by atoms with E-state index in [1.165, 1.54) is 0 Å². The number of hydrogen-bond donors (Lipinski definition) is 1. The van der Waals surface area contributed by atoms with E-state index in [-0.39, 0.29) is 18.4 Å². The van der Waals surface area contributed by atoms with Gasteiger partial charge in [-0.2, -0.15) is 10.1 Å². The summed E-state index contributed by atoms with van der Waals surface area (Å²) in [6.07, 6.45) is 5.10. The van der Waals surface area contributed by atoms with Gasteiger partial charge in [0.15, 0.2) is 11.8 Å². The Labute approximate surface area is 164 Å². The molecule has 1 fully saturated rings. The smallest absolute Gasteiger partial charge is 0.246 e. The van der Waals surface area contributed by atoms with Gasteiger partial charge in [0.1, 0.15) is 6.54 Å². The zero-order valence-corrected chi connectivity index (χ0v) is 16.9. The number of aliphatic imine (C=N–C) groups is 1. The van der Waals surface area contributed by atoms with Crippen LogP contribution in [0.25, 0.3) is 0 Å². The van der Waals surface area contributed by atoms with Gasteiger partial charge in [-0.3, -0.25) is 14.5 Å². The predicted octanol–water partition coefficient (Wildman–Crippen LogP) is 0.783. The lowest BCUT2D eigenvalue weighted by Crippen LogP contribution is -2.55. The molecule has 2 aromatic heterocycles. The van der Waals surface area contributed by atoms with Crippen molar-refractivity contribution < 1.29 is 9.32 Å². The molecule has 0 aromatic carbocycles. The van der Waals surface area contributed by atoms with Crippen molar-refractivity contribution in [3.8, 4) is 0 Å². The summed E-state index contributed by atoms with van der Waals surface area (Å²) in [4.78, 5) is 25.0. The van der Waals surface area contributed by atoms with Crippen LogP contribution < -0.4 is 10.2 Å². The van der Waals surface area contributed by atoms with Crippen LogP contribution in [0.3, 0.4) is 0 Å². The number of carbonyl (C=O) groups is 1. The Bertz CT molecular complexity index is 825. The first-order valence-corrected chi connectivity index (χ1v) is 9.55. The first kappa shape index (κ1) is 19.8. The van der Waals surface area contributed by atoms with E-state index in [9.17, 15) is 4.79 Å². The number of piperazine rings is 1. The van der Waals surface area contributed by atoms with Crippen LogP contribution >= 0.6 is 0 Å². The number of hydrogen-bond acceptors (Lipinski definition) is 6. The third-order valence-corrected chi connectivity index (χ3v) is 4.59. The molecule has 3 rings (SSSR count). The molecule has 28 heavy (non-hydrogen) atoms. The minimum atomic E-state index is 0.0364. The van der Waals surface area contributed by atoms with Crippen LogP contribution in [0.15, 0.2) is 21.9 Å². The van der Waals surface area contributed by atoms with Crippen molar-refractivity contribution in [1.82, 2.24) is 30.1 Å². The van der Waals surface area contributed by atoms with Crippen molar-refractivity contribution in [3.63, 3.8) is 0 Å². The van der Waals surface area contributed by atoms with Crippen molar-refractivity contribution >= 4 is 17.6 Å². The van der Waals surface area contributed by atoms with Crippen molar-refractivity contribution in [2.45, 2.75) is 32.6 Å². The number of nitrogens with zero attached hydrogens (tertiary/aromatic N) is 7. The predicted molar refractivity (Wildman–Crippen MR) is 105 cm³/mol. The first-order chi connectivity index (χ1) is 13.5. The summed E-state index contributed by atoms with van der Waals surface area (Å²) in [6.45, 7) is 6.39. The van der Waals surface area contributed by atoms with Crippen LogP contribution in [0.5, 0.6) is 0 Å². The largest absolute Gasteiger partial charge is 0.356 e. The molecule has 10 nitrogen and oxygen atoms in total. The lowest BCUT2D eigenvalue weighted by molar-refractivity contribution is -0.120. The quantitative estimate of drug-likeness (QED) is 0.443. The van der Waals surface area contributed by atoms with Crippen LogP contribution in [-0.4, -0.2) is 69.9 Å². The van der Waals surface area contributed by atoms with Gasteiger partial charge in [0.25, 0.3) is 0 Å². The Morgan fingerprint density at radius 3 is 2.82 bits per heavy atom. The molecule has 0 aliphatic carbocycles. The third kappa shape index (κ3) is 4.68. The monoisotopic (exact) mass is 388 g/mol. The van der Waals surface area contributed by atoms with Gasteiger partial charge in [-0.1, -0.05) is 19.0 Å². The molecule has 3 heterocycles. The Morgan fingerprint density at radius 1 is 1.39 bits per heavy atom. The highest BCUT2D eigenvalue weighted by molar-refractivity contribution is 5.98. The van der Waals surface area contributed by atoms with Crippen LogP contribution in [0, 0.1) is 0 Å². The number of guanidine groups is 1. The van der Waals surface area contributed by atoms with Gasteiger partial charge in [0.05, 0.1) is 11.9 Å². The summed E-state index contributed by atoms with van der Waals surface area (Å²) < 4.78 is 6.96. The average molecular weight is 388 g/mol. The molecule has 0 radical (unpaired) electrons. The Balaban J connectivity index is 1.46. The van der Waals surface area contributed by atoms with E-state index < -0.39 is 0 Å². The van der Waals surface area contributed by atoms with E-state index in [4.69, 9.17) is 4.52 Å². The summed E-state index contributed by atoms with van der Waals surface area (Å²) in [5.41, 5.74) is 0.829. The van der Waals surface area contributed by atoms with Crippen LogP contribution in [-0.2, 0) is 18.3 Å². The van der Waals surface area contributed by atoms with E-state index in [1.54, 1.807) is 22.8 Å². The molecule has 1 amide bonds. The number of amides is 1. The van der Waals surface area contributed by atoms with E-state index in [0.717, 1.165) is 23.9 Å². The molecule has 1 aliphatic rings. The maximum absolute atomic E-state index is 12.5. The first-order valence-electron chi connectivity index (χ1n) is 9.55. The minimum absolute atomic E-state index is 0.0364. The van der Waals surface area contributed by atoms with E-state index >= 15 is 0 Å². The molecule has 10 heteroatoms. The fourth-order valence-electron chi connectivity index (χ4n) is 3.05. The molecule has 0 atom stereocenters. The summed E-state index contributed by atoms with van der Waals surface area (Å²) in [7, 11) is 3.57. The SMILES string of the molecule is CN=C(NCCCc1nc(C(C)C)no1)N1CCN(c2cnn(C)c2)C(=O)C1. The zero-order chi connectivity index (χ0) is 20.1. The number of carbonyl (C=O) groups excluding carboxylic acids is 1. The van der Waals surface area contributed by atoms with Gasteiger partial charge in [-0.05, 0) is 6.42 Å². The van der Waals surface area contributed by atoms with Crippen molar-refractivity contribution in [2.24, 2.45) is 12.0 Å². The maximum atomic E-state index is 12.5. The number of anilines is 1. The fourth-order valence-corrected chi connectivity index (χ4v) is 3.05. The summed E-state index contributed by atoms with van der Waals surface area (Å²) in [6, 6.07) is 0. The highest BCUT2D eigenvalue weighted by atomic mass is 16.5. The van der Waals surface area contributed by atoms with E-state index in [2.05, 4.69) is 25.5 Å². The Hall–Kier alpha value is -2.91. The second kappa shape index (κ2) is 8.85. The van der Waals surface area contributed by atoms with Gasteiger partial charge in [0, 0.05) is 52.3 Å². The topological polar surface area (TPSA) is 105 Å². The molecular formula is C18H28N8O2. The lowest BCUT2D eigenvalue weighted by Gasteiger charge is -2.35. The van der Waals surface area contributed by atoms with Crippen molar-refractivity contribution in [1.29, 1.82) is 0 Å². The standard InChI is InChI=1S/C18H28N8O2/c1-13(2)17-22-15(28-23-17)6-5-7-20-18(19-3)25-8-9-26(16(27)12-25)14-10-21-24(4)11-14/h10-11,13H,5-9,12H2,1-4H3,(H,19,20). The fraction of sp³-hybridized carbons (Fsp3) is 0.611. The van der Waals surface area contributed by atoms with Crippen molar-refractivity contribution in [2.75, 3.05) is 38.1 Å². The van der Waals surface area contributed by atoms with Gasteiger partial charge >= 0.3 is 0 Å². The molecule has 152 valence electrons. The zero-order valence-electron chi connectivity index (χ0n) is 16.9. The molecule has 0 spiro atoms. The summed E-state index contributed by atoms with van der Waals surface area (Å²) >= 11 is 0. The van der Waals surface area contributed by atoms with Crippen LogP contribution in [0.4, 0.5) is 5.69 Å². The number of rotatable bonds is 6. The molecule has 1 N–H and O–H groups in total. The Morgan fingerprint density at radius 2 is 2.21 bits per heavy atom. The van der Waals surface area contributed by atoms with Crippen LogP contribution in [0.1, 0.15) is 37.9 Å². The molecule has 2 aromatic rings. The van der Waals surface area contributed by atoms with Gasteiger partial charge in [-0.15, -0.1) is 0 Å². The number of aryl methyl sites for hydroxylation is 2. The normalized spacial score (nSPS) is 15.6. The van der Waals surface area contributed by atoms with E-state index in [0.29, 0.717) is 31.9 Å². The summed E-state index contributed by atoms with van der Waals surface area (Å²) in [5, 5.41) is 11.4. The second-order valence-electron chi connectivity index (χ2n) is 7.12. The third-order valence-electron chi connectivity index (χ3n) is 4.59. The Kier molecular flexibility index (Phi) is 6.27. The molecule has 1 aliphatic heterocycles. The van der Waals surface area contributed by atoms with Crippen molar-refractivity contribution in [3.05, 3.63) is 24.1 Å². The van der Waals surface area contributed by atoms with Gasteiger partial charge in [0.2, 0.25) is 11.8 Å². The molecule has 0 bridgehead atoms. The highest BCUT2D eigenvalue weighted by Crippen LogP contribution is 2.16. The minimum Gasteiger partial charge on any atom is -0.356 e. The number of aromatic nitrogens is 4. The van der Waals surface area contributed by atoms with Gasteiger partial charge < -0.3 is 19.6 Å². The van der Waals surface area contributed by atoms with Crippen LogP contribution in [0.2, 0.25) is 0 Å². The molecule has 1 saturated heterocycles. The summed E-state index contributed by atoms with van der Waals surface area (Å²) in [5.74, 6) is 2.42. The molecule has 0 unspecified atom stereocenters. The second-order valence-corrected chi connectivity index (χ2v) is 7.12. The van der Waals surface area contributed by atoms with E-state index in [1.807, 2.05) is 32.0 Å². The maximum Gasteiger partial charge on any atom is 0.246 e. The molecular weight excluding hydrogens is 360 g/mol. The lowest BCUT2D eigenvalue weighted by atomic mass is 10.2. The highest BCUT2D eigenvalue weighted by Gasteiger charge is 2.27. The average Bonchev–Trinajstić information content (AvgIpc) is 3.31.